The molecule has 0 spiro atoms. The van der Waals surface area contributed by atoms with Gasteiger partial charge in [0, 0.05) is 38.3 Å². The van der Waals surface area contributed by atoms with Crippen LogP contribution < -0.4 is 5.32 Å². The number of imidazole rings is 1. The van der Waals surface area contributed by atoms with E-state index in [0.717, 1.165) is 28.8 Å². The van der Waals surface area contributed by atoms with E-state index in [1.165, 1.54) is 5.56 Å². The summed E-state index contributed by atoms with van der Waals surface area (Å²) >= 11 is 5.40. The number of rotatable bonds is 10. The lowest BCUT2D eigenvalue weighted by Crippen LogP contribution is -2.18. The van der Waals surface area contributed by atoms with Gasteiger partial charge < -0.3 is 9.30 Å². The summed E-state index contributed by atoms with van der Waals surface area (Å²) < 4.78 is 9.84. The minimum Gasteiger partial charge on any atom is -0.382 e. The quantitative estimate of drug-likeness (QED) is 0.262. The average Bonchev–Trinajstić information content (AvgIpc) is 3.35. The van der Waals surface area contributed by atoms with Crippen LogP contribution in [0.15, 0.2) is 48.5 Å². The van der Waals surface area contributed by atoms with Crippen molar-refractivity contribution in [3.8, 4) is 11.4 Å². The molecule has 0 aliphatic rings. The third-order valence-corrected chi connectivity index (χ3v) is 5.72. The number of H-pyrrole nitrogens is 1. The van der Waals surface area contributed by atoms with Crippen LogP contribution >= 0.6 is 12.2 Å². The average molecular weight is 465 g/mol. The van der Waals surface area contributed by atoms with Crippen molar-refractivity contribution in [2.24, 2.45) is 0 Å². The number of anilines is 1. The smallest absolute Gasteiger partial charge is 0.228 e. The van der Waals surface area contributed by atoms with Crippen LogP contribution in [0.25, 0.3) is 22.4 Å². The summed E-state index contributed by atoms with van der Waals surface area (Å²) in [4.78, 5) is 17.5. The topological polar surface area (TPSA) is 89.8 Å². The van der Waals surface area contributed by atoms with Crippen molar-refractivity contribution < 1.29 is 9.53 Å². The first-order valence-corrected chi connectivity index (χ1v) is 11.5. The Hall–Kier alpha value is -3.30. The molecule has 1 amide bonds. The molecule has 0 aliphatic heterocycles. The van der Waals surface area contributed by atoms with E-state index in [-0.39, 0.29) is 12.3 Å². The molecule has 2 heterocycles. The first-order chi connectivity index (χ1) is 16.1. The highest BCUT2D eigenvalue weighted by atomic mass is 32.1. The molecule has 4 aromatic rings. The molecule has 9 heteroatoms. The zero-order chi connectivity index (χ0) is 23.2. The SMILES string of the molecule is CCOCCCn1c(NC(=O)CCn2c(-c3ccc(C)cc3)n[nH]c2=S)nc2ccccc21. The second kappa shape index (κ2) is 10.5. The van der Waals surface area contributed by atoms with Gasteiger partial charge in [-0.15, -0.1) is 0 Å². The number of hydrogen-bond donors (Lipinski definition) is 2. The number of hydrogen-bond acceptors (Lipinski definition) is 5. The number of aromatic amines is 1. The molecule has 0 atom stereocenters. The summed E-state index contributed by atoms with van der Waals surface area (Å²) in [6.07, 6.45) is 1.08. The minimum absolute atomic E-state index is 0.130. The largest absolute Gasteiger partial charge is 0.382 e. The molecule has 2 aromatic heterocycles. The highest BCUT2D eigenvalue weighted by Crippen LogP contribution is 2.21. The molecule has 0 fully saturated rings. The van der Waals surface area contributed by atoms with Crippen LogP contribution in [-0.4, -0.2) is 43.4 Å². The van der Waals surface area contributed by atoms with Crippen LogP contribution in [0.5, 0.6) is 0 Å². The lowest BCUT2D eigenvalue weighted by molar-refractivity contribution is -0.116. The first kappa shape index (κ1) is 22.9. The van der Waals surface area contributed by atoms with Crippen molar-refractivity contribution in [2.45, 2.75) is 39.8 Å². The van der Waals surface area contributed by atoms with E-state index in [9.17, 15) is 4.79 Å². The van der Waals surface area contributed by atoms with Crippen LogP contribution in [0.3, 0.4) is 0 Å². The molecule has 172 valence electrons. The molecular formula is C24H28N6O2S. The van der Waals surface area contributed by atoms with Crippen molar-refractivity contribution in [1.82, 2.24) is 24.3 Å². The van der Waals surface area contributed by atoms with Gasteiger partial charge in [0.15, 0.2) is 10.6 Å². The maximum absolute atomic E-state index is 12.8. The van der Waals surface area contributed by atoms with Crippen LogP contribution in [0.4, 0.5) is 5.95 Å². The lowest BCUT2D eigenvalue weighted by atomic mass is 10.1. The van der Waals surface area contributed by atoms with Crippen molar-refractivity contribution >= 4 is 35.1 Å². The molecule has 33 heavy (non-hydrogen) atoms. The van der Waals surface area contributed by atoms with Gasteiger partial charge in [-0.1, -0.05) is 42.0 Å². The predicted molar refractivity (Wildman–Crippen MR) is 132 cm³/mol. The summed E-state index contributed by atoms with van der Waals surface area (Å²) in [7, 11) is 0. The number of nitrogens with one attached hydrogen (secondary N) is 2. The number of carbonyl (C=O) groups is 1. The van der Waals surface area contributed by atoms with Crippen LogP contribution in [0.1, 0.15) is 25.3 Å². The fourth-order valence-electron chi connectivity index (χ4n) is 3.72. The molecule has 4 rings (SSSR count). The zero-order valence-corrected chi connectivity index (χ0v) is 19.7. The molecular weight excluding hydrogens is 436 g/mol. The number of carbonyl (C=O) groups excluding carboxylic acids is 1. The molecule has 2 N–H and O–H groups in total. The Morgan fingerprint density at radius 3 is 2.70 bits per heavy atom. The standard InChI is InChI=1S/C24H28N6O2S/c1-3-32-16-6-14-29-20-8-5-4-7-19(20)25-23(29)26-21(31)13-15-30-22(27-28-24(30)33)18-11-9-17(2)10-12-18/h4-5,7-12H,3,6,13-16H2,1-2H3,(H,28,33)(H,25,26,31). The van der Waals surface area contributed by atoms with Crippen molar-refractivity contribution in [3.05, 3.63) is 58.9 Å². The molecule has 2 aromatic carbocycles. The number of para-hydroxylation sites is 2. The second-order valence-corrected chi connectivity index (χ2v) is 8.18. The normalized spacial score (nSPS) is 11.2. The van der Waals surface area contributed by atoms with Gasteiger partial charge in [-0.2, -0.15) is 5.10 Å². The summed E-state index contributed by atoms with van der Waals surface area (Å²) in [5.74, 6) is 1.14. The van der Waals surface area contributed by atoms with Gasteiger partial charge in [-0.25, -0.2) is 4.98 Å². The summed E-state index contributed by atoms with van der Waals surface area (Å²) in [5, 5.41) is 10.2. The Morgan fingerprint density at radius 2 is 1.91 bits per heavy atom. The van der Waals surface area contributed by atoms with E-state index >= 15 is 0 Å². The number of amides is 1. The highest BCUT2D eigenvalue weighted by Gasteiger charge is 2.15. The van der Waals surface area contributed by atoms with E-state index < -0.39 is 0 Å². The molecule has 0 saturated heterocycles. The van der Waals surface area contributed by atoms with Gasteiger partial charge >= 0.3 is 0 Å². The molecule has 0 aliphatic carbocycles. The van der Waals surface area contributed by atoms with E-state index in [1.807, 2.05) is 71.5 Å². The van der Waals surface area contributed by atoms with Crippen molar-refractivity contribution in [3.63, 3.8) is 0 Å². The Morgan fingerprint density at radius 1 is 1.12 bits per heavy atom. The van der Waals surface area contributed by atoms with Gasteiger partial charge in [-0.3, -0.25) is 19.8 Å². The number of aryl methyl sites for hydroxylation is 2. The summed E-state index contributed by atoms with van der Waals surface area (Å²) in [5.41, 5.74) is 3.96. The van der Waals surface area contributed by atoms with Crippen LogP contribution in [0.2, 0.25) is 0 Å². The Balaban J connectivity index is 1.47. The zero-order valence-electron chi connectivity index (χ0n) is 18.9. The molecule has 0 bridgehead atoms. The maximum atomic E-state index is 12.8. The monoisotopic (exact) mass is 464 g/mol. The van der Waals surface area contributed by atoms with E-state index in [0.29, 0.717) is 37.0 Å². The lowest BCUT2D eigenvalue weighted by Gasteiger charge is -2.11. The predicted octanol–water partition coefficient (Wildman–Crippen LogP) is 4.72. The fraction of sp³-hybridized carbons (Fsp3) is 0.333. The van der Waals surface area contributed by atoms with Crippen LogP contribution in [-0.2, 0) is 22.6 Å². The fourth-order valence-corrected chi connectivity index (χ4v) is 3.94. The number of benzene rings is 2. The van der Waals surface area contributed by atoms with E-state index in [4.69, 9.17) is 17.0 Å². The summed E-state index contributed by atoms with van der Waals surface area (Å²) in [6.45, 7) is 6.49. The second-order valence-electron chi connectivity index (χ2n) is 7.79. The third-order valence-electron chi connectivity index (χ3n) is 5.41. The van der Waals surface area contributed by atoms with Gasteiger partial charge in [-0.05, 0) is 44.6 Å². The van der Waals surface area contributed by atoms with Gasteiger partial charge in [0.25, 0.3) is 0 Å². The van der Waals surface area contributed by atoms with Gasteiger partial charge in [0.1, 0.15) is 0 Å². The number of fused-ring (bicyclic) bond motifs is 1. The number of aromatic nitrogens is 5. The number of ether oxygens (including phenoxy) is 1. The first-order valence-electron chi connectivity index (χ1n) is 11.1. The van der Waals surface area contributed by atoms with Crippen LogP contribution in [0, 0.1) is 11.7 Å². The highest BCUT2D eigenvalue weighted by molar-refractivity contribution is 7.71. The van der Waals surface area contributed by atoms with E-state index in [2.05, 4.69) is 20.5 Å². The Bertz CT molecular complexity index is 1290. The van der Waals surface area contributed by atoms with Crippen molar-refractivity contribution in [1.29, 1.82) is 0 Å². The maximum Gasteiger partial charge on any atom is 0.228 e. The van der Waals surface area contributed by atoms with Crippen molar-refractivity contribution in [2.75, 3.05) is 18.5 Å². The molecule has 0 saturated carbocycles. The van der Waals surface area contributed by atoms with Gasteiger partial charge in [0.05, 0.1) is 11.0 Å². The Labute approximate surface area is 197 Å². The summed E-state index contributed by atoms with van der Waals surface area (Å²) in [6, 6.07) is 15.9. The molecule has 8 nitrogen and oxygen atoms in total. The third kappa shape index (κ3) is 5.37. The number of nitrogens with zero attached hydrogens (tertiary/aromatic N) is 4. The molecule has 0 unspecified atom stereocenters. The van der Waals surface area contributed by atoms with E-state index in [1.54, 1.807) is 0 Å². The van der Waals surface area contributed by atoms with Gasteiger partial charge in [0.2, 0.25) is 11.9 Å². The Kier molecular flexibility index (Phi) is 7.31. The molecule has 0 radical (unpaired) electrons. The minimum atomic E-state index is -0.130.